The first-order valence-corrected chi connectivity index (χ1v) is 9.03. The molecule has 0 fully saturated rings. The first-order valence-electron chi connectivity index (χ1n) is 7.17. The van der Waals surface area contributed by atoms with Gasteiger partial charge in [-0.2, -0.15) is 0 Å². The van der Waals surface area contributed by atoms with E-state index in [-0.39, 0.29) is 17.3 Å². The van der Waals surface area contributed by atoms with Gasteiger partial charge >= 0.3 is 0 Å². The molecule has 0 radical (unpaired) electrons. The van der Waals surface area contributed by atoms with E-state index in [2.05, 4.69) is 4.72 Å². The van der Waals surface area contributed by atoms with Gasteiger partial charge < -0.3 is 9.64 Å². The van der Waals surface area contributed by atoms with Crippen molar-refractivity contribution in [2.75, 3.05) is 18.5 Å². The van der Waals surface area contributed by atoms with E-state index in [1.165, 1.54) is 29.2 Å². The minimum absolute atomic E-state index is 0.0731. The fraction of sp³-hybridized carbons (Fsp3) is 0.188. The molecule has 6 nitrogen and oxygen atoms in total. The van der Waals surface area contributed by atoms with Gasteiger partial charge in [0.15, 0.2) is 6.10 Å². The van der Waals surface area contributed by atoms with Gasteiger partial charge in [-0.1, -0.05) is 23.7 Å². The molecule has 0 aliphatic carbocycles. The smallest absolute Gasteiger partial charge is 0.269 e. The molecule has 0 bridgehead atoms. The summed E-state index contributed by atoms with van der Waals surface area (Å²) in [6.07, 6.45) is -0.924. The third-order valence-corrected chi connectivity index (χ3v) is 5.38. The third-order valence-electron chi connectivity index (χ3n) is 3.68. The first-order chi connectivity index (χ1) is 11.4. The van der Waals surface area contributed by atoms with E-state index in [0.717, 1.165) is 0 Å². The molecule has 1 atom stereocenters. The van der Waals surface area contributed by atoms with Crippen molar-refractivity contribution in [1.29, 1.82) is 0 Å². The second-order valence-electron chi connectivity index (χ2n) is 5.28. The van der Waals surface area contributed by atoms with Gasteiger partial charge in [0.25, 0.3) is 5.91 Å². The van der Waals surface area contributed by atoms with E-state index in [1.807, 2.05) is 0 Å². The Morgan fingerprint density at radius 1 is 1.17 bits per heavy atom. The molecular weight excluding hydrogens is 352 g/mol. The van der Waals surface area contributed by atoms with Crippen molar-refractivity contribution in [2.45, 2.75) is 11.0 Å². The summed E-state index contributed by atoms with van der Waals surface area (Å²) in [5.74, 6) is 0.225. The summed E-state index contributed by atoms with van der Waals surface area (Å²) >= 11 is 5.76. The molecule has 0 saturated carbocycles. The third kappa shape index (κ3) is 3.24. The van der Waals surface area contributed by atoms with Crippen LogP contribution >= 0.6 is 11.6 Å². The lowest BCUT2D eigenvalue weighted by molar-refractivity contribution is -0.125. The molecule has 24 heavy (non-hydrogen) atoms. The van der Waals surface area contributed by atoms with Crippen LogP contribution in [0.15, 0.2) is 53.4 Å². The molecule has 1 aliphatic heterocycles. The molecule has 1 aliphatic rings. The molecule has 2 aromatic carbocycles. The number of amides is 1. The number of para-hydroxylation sites is 2. The van der Waals surface area contributed by atoms with Crippen LogP contribution in [-0.4, -0.2) is 34.0 Å². The highest BCUT2D eigenvalue weighted by Gasteiger charge is 2.33. The van der Waals surface area contributed by atoms with Crippen molar-refractivity contribution in [3.63, 3.8) is 0 Å². The molecule has 0 aromatic heterocycles. The Morgan fingerprint density at radius 3 is 2.54 bits per heavy atom. The number of likely N-dealkylation sites (N-methyl/N-ethyl adjacent to an activating group) is 1. The normalized spacial score (nSPS) is 17.3. The van der Waals surface area contributed by atoms with Crippen LogP contribution in [0.4, 0.5) is 5.69 Å². The van der Waals surface area contributed by atoms with Crippen molar-refractivity contribution >= 4 is 33.2 Å². The number of anilines is 1. The molecule has 1 heterocycles. The minimum Gasteiger partial charge on any atom is -0.477 e. The number of carbonyl (C=O) groups is 1. The topological polar surface area (TPSA) is 75.7 Å². The van der Waals surface area contributed by atoms with Crippen LogP contribution < -0.4 is 14.4 Å². The fourth-order valence-corrected chi connectivity index (χ4v) is 3.54. The van der Waals surface area contributed by atoms with E-state index in [1.54, 1.807) is 31.3 Å². The molecule has 0 saturated heterocycles. The van der Waals surface area contributed by atoms with Gasteiger partial charge in [0.1, 0.15) is 5.75 Å². The Hall–Kier alpha value is -2.09. The first kappa shape index (κ1) is 16.8. The predicted octanol–water partition coefficient (Wildman–Crippen LogP) is 2.04. The number of carbonyl (C=O) groups excluding carboxylic acids is 1. The Balaban J connectivity index is 1.75. The average Bonchev–Trinajstić information content (AvgIpc) is 2.57. The number of hydrogen-bond donors (Lipinski definition) is 1. The van der Waals surface area contributed by atoms with Gasteiger partial charge in [-0.3, -0.25) is 4.79 Å². The minimum atomic E-state index is -3.75. The van der Waals surface area contributed by atoms with E-state index in [0.29, 0.717) is 16.5 Å². The van der Waals surface area contributed by atoms with Crippen LogP contribution in [0.5, 0.6) is 5.75 Å². The van der Waals surface area contributed by atoms with Gasteiger partial charge in [0.05, 0.1) is 17.1 Å². The molecular formula is C16H15ClN2O4S. The molecule has 126 valence electrons. The zero-order valence-electron chi connectivity index (χ0n) is 12.8. The molecule has 0 spiro atoms. The zero-order valence-corrected chi connectivity index (χ0v) is 14.3. The second-order valence-corrected chi connectivity index (χ2v) is 7.48. The van der Waals surface area contributed by atoms with Crippen LogP contribution in [0.2, 0.25) is 5.02 Å². The lowest BCUT2D eigenvalue weighted by Gasteiger charge is -2.31. The summed E-state index contributed by atoms with van der Waals surface area (Å²) in [7, 11) is -2.12. The Morgan fingerprint density at radius 2 is 1.83 bits per heavy atom. The standard InChI is InChI=1S/C16H15ClN2O4S/c1-19-13-4-2-3-5-14(13)23-15(16(19)20)10-18-24(21,22)12-8-6-11(17)7-9-12/h2-9,15,18H,10H2,1H3. The number of fused-ring (bicyclic) bond motifs is 1. The molecule has 8 heteroatoms. The number of benzene rings is 2. The van der Waals surface area contributed by atoms with Gasteiger partial charge in [-0.25, -0.2) is 13.1 Å². The summed E-state index contributed by atoms with van der Waals surface area (Å²) in [5, 5.41) is 0.443. The lowest BCUT2D eigenvalue weighted by atomic mass is 10.2. The average molecular weight is 367 g/mol. The number of nitrogens with zero attached hydrogens (tertiary/aromatic N) is 1. The zero-order chi connectivity index (χ0) is 17.3. The van der Waals surface area contributed by atoms with Crippen molar-refractivity contribution in [3.8, 4) is 5.75 Å². The number of hydrogen-bond acceptors (Lipinski definition) is 4. The Bertz CT molecular complexity index is 868. The largest absolute Gasteiger partial charge is 0.477 e. The monoisotopic (exact) mass is 366 g/mol. The van der Waals surface area contributed by atoms with Crippen LogP contribution in [0.1, 0.15) is 0 Å². The molecule has 1 amide bonds. The Kier molecular flexibility index (Phi) is 4.49. The summed E-state index contributed by atoms with van der Waals surface area (Å²) in [6, 6.07) is 12.9. The highest BCUT2D eigenvalue weighted by molar-refractivity contribution is 7.89. The highest BCUT2D eigenvalue weighted by Crippen LogP contribution is 2.32. The van der Waals surface area contributed by atoms with E-state index in [9.17, 15) is 13.2 Å². The van der Waals surface area contributed by atoms with Crippen molar-refractivity contribution in [1.82, 2.24) is 4.72 Å². The number of halogens is 1. The summed E-state index contributed by atoms with van der Waals surface area (Å²) in [4.78, 5) is 13.9. The predicted molar refractivity (Wildman–Crippen MR) is 90.9 cm³/mol. The maximum atomic E-state index is 12.3. The van der Waals surface area contributed by atoms with Gasteiger partial charge in [0, 0.05) is 12.1 Å². The van der Waals surface area contributed by atoms with Crippen LogP contribution in [0.3, 0.4) is 0 Å². The quantitative estimate of drug-likeness (QED) is 0.898. The summed E-state index contributed by atoms with van der Waals surface area (Å²) < 4.78 is 32.6. The van der Waals surface area contributed by atoms with Gasteiger partial charge in [-0.15, -0.1) is 0 Å². The SMILES string of the molecule is CN1C(=O)C(CNS(=O)(=O)c2ccc(Cl)cc2)Oc2ccccc21. The lowest BCUT2D eigenvalue weighted by Crippen LogP contribution is -2.49. The number of sulfonamides is 1. The van der Waals surface area contributed by atoms with Crippen LogP contribution in [-0.2, 0) is 14.8 Å². The molecule has 1 unspecified atom stereocenters. The van der Waals surface area contributed by atoms with Gasteiger partial charge in [0.2, 0.25) is 10.0 Å². The van der Waals surface area contributed by atoms with E-state index in [4.69, 9.17) is 16.3 Å². The molecule has 3 rings (SSSR count). The highest BCUT2D eigenvalue weighted by atomic mass is 35.5. The fourth-order valence-electron chi connectivity index (χ4n) is 2.38. The second kappa shape index (κ2) is 6.43. The van der Waals surface area contributed by atoms with Crippen LogP contribution in [0, 0.1) is 0 Å². The molecule has 2 aromatic rings. The van der Waals surface area contributed by atoms with Crippen molar-refractivity contribution in [2.24, 2.45) is 0 Å². The maximum Gasteiger partial charge on any atom is 0.269 e. The van der Waals surface area contributed by atoms with E-state index >= 15 is 0 Å². The van der Waals surface area contributed by atoms with Crippen molar-refractivity contribution < 1.29 is 17.9 Å². The van der Waals surface area contributed by atoms with Gasteiger partial charge in [-0.05, 0) is 36.4 Å². The number of nitrogens with one attached hydrogen (secondary N) is 1. The molecule has 1 N–H and O–H groups in total. The van der Waals surface area contributed by atoms with Crippen LogP contribution in [0.25, 0.3) is 0 Å². The number of rotatable bonds is 4. The summed E-state index contributed by atoms with van der Waals surface area (Å²) in [5.41, 5.74) is 0.652. The number of ether oxygens (including phenoxy) is 1. The summed E-state index contributed by atoms with van der Waals surface area (Å²) in [6.45, 7) is -0.164. The Labute approximate surface area is 145 Å². The van der Waals surface area contributed by atoms with Crippen molar-refractivity contribution in [3.05, 3.63) is 53.6 Å². The maximum absolute atomic E-state index is 12.3. The van der Waals surface area contributed by atoms with E-state index < -0.39 is 16.1 Å².